The van der Waals surface area contributed by atoms with Crippen molar-refractivity contribution >= 4 is 11.6 Å². The van der Waals surface area contributed by atoms with E-state index in [1.165, 1.54) is 0 Å². The largest absolute Gasteiger partial charge is 0.489 e. The summed E-state index contributed by atoms with van der Waals surface area (Å²) in [4.78, 5) is 14.5. The molecule has 0 radical (unpaired) electrons. The summed E-state index contributed by atoms with van der Waals surface area (Å²) >= 11 is 0. The van der Waals surface area contributed by atoms with E-state index in [1.54, 1.807) is 0 Å². The smallest absolute Gasteiger partial charge is 0.241 e. The second-order valence-corrected chi connectivity index (χ2v) is 6.11. The fourth-order valence-corrected chi connectivity index (χ4v) is 2.75. The van der Waals surface area contributed by atoms with E-state index in [4.69, 9.17) is 9.47 Å². The fourth-order valence-electron chi connectivity index (χ4n) is 2.75. The Bertz CT molecular complexity index is 667. The van der Waals surface area contributed by atoms with Crippen molar-refractivity contribution in [2.75, 3.05) is 31.6 Å². The normalized spacial score (nSPS) is 16.2. The maximum atomic E-state index is 12.4. The quantitative estimate of drug-likeness (QED) is 0.878. The minimum atomic E-state index is -0.169. The van der Waals surface area contributed by atoms with E-state index in [1.807, 2.05) is 61.5 Å². The molecule has 0 bridgehead atoms. The predicted molar refractivity (Wildman–Crippen MR) is 97.7 cm³/mol. The van der Waals surface area contributed by atoms with E-state index in [0.717, 1.165) is 30.1 Å². The molecule has 1 aliphatic rings. The number of nitrogens with one attached hydrogen (secondary N) is 1. The third-order valence-corrected chi connectivity index (χ3v) is 4.34. The van der Waals surface area contributed by atoms with E-state index >= 15 is 0 Å². The number of rotatable bonds is 6. The molecular weight excluding hydrogens is 316 g/mol. The van der Waals surface area contributed by atoms with E-state index in [-0.39, 0.29) is 11.9 Å². The predicted octanol–water partition coefficient (Wildman–Crippen LogP) is 2.92. The van der Waals surface area contributed by atoms with Crippen LogP contribution in [-0.4, -0.2) is 43.2 Å². The molecule has 0 spiro atoms. The molecule has 5 nitrogen and oxygen atoms in total. The topological polar surface area (TPSA) is 50.8 Å². The Labute approximate surface area is 148 Å². The number of nitrogens with zero attached hydrogens (tertiary/aromatic N) is 1. The van der Waals surface area contributed by atoms with E-state index in [9.17, 15) is 4.79 Å². The average molecular weight is 340 g/mol. The van der Waals surface area contributed by atoms with Crippen LogP contribution in [-0.2, 0) is 16.1 Å². The molecule has 1 atom stereocenters. The van der Waals surface area contributed by atoms with Crippen LogP contribution in [0.2, 0.25) is 0 Å². The average Bonchev–Trinajstić information content (AvgIpc) is 2.68. The molecule has 0 aromatic heterocycles. The molecule has 25 heavy (non-hydrogen) atoms. The molecule has 1 heterocycles. The minimum Gasteiger partial charge on any atom is -0.489 e. The minimum absolute atomic E-state index is 0.000135. The highest BCUT2D eigenvalue weighted by Crippen LogP contribution is 2.18. The molecule has 1 N–H and O–H groups in total. The second kappa shape index (κ2) is 8.65. The molecule has 132 valence electrons. The van der Waals surface area contributed by atoms with Crippen molar-refractivity contribution in [2.45, 2.75) is 19.6 Å². The van der Waals surface area contributed by atoms with Gasteiger partial charge in [0, 0.05) is 18.8 Å². The zero-order chi connectivity index (χ0) is 17.5. The van der Waals surface area contributed by atoms with E-state index < -0.39 is 0 Å². The lowest BCUT2D eigenvalue weighted by Crippen LogP contribution is -2.47. The van der Waals surface area contributed by atoms with Crippen LogP contribution in [0.5, 0.6) is 5.75 Å². The van der Waals surface area contributed by atoms with Crippen LogP contribution in [0.25, 0.3) is 0 Å². The first kappa shape index (κ1) is 17.5. The van der Waals surface area contributed by atoms with Crippen LogP contribution < -0.4 is 10.1 Å². The Morgan fingerprint density at radius 2 is 1.80 bits per heavy atom. The van der Waals surface area contributed by atoms with Crippen molar-refractivity contribution < 1.29 is 14.3 Å². The first-order valence-corrected chi connectivity index (χ1v) is 8.62. The highest BCUT2D eigenvalue weighted by Gasteiger charge is 2.23. The van der Waals surface area contributed by atoms with Crippen molar-refractivity contribution in [3.63, 3.8) is 0 Å². The Morgan fingerprint density at radius 3 is 2.48 bits per heavy atom. The maximum absolute atomic E-state index is 12.4. The van der Waals surface area contributed by atoms with Gasteiger partial charge in [-0.25, -0.2) is 0 Å². The summed E-state index contributed by atoms with van der Waals surface area (Å²) in [5.41, 5.74) is 1.90. The number of benzene rings is 2. The molecule has 0 aliphatic carbocycles. The third kappa shape index (κ3) is 5.05. The molecule has 2 aromatic carbocycles. The van der Waals surface area contributed by atoms with Gasteiger partial charge in [0.05, 0.1) is 19.3 Å². The molecule has 1 fully saturated rings. The van der Waals surface area contributed by atoms with Crippen molar-refractivity contribution in [2.24, 2.45) is 0 Å². The van der Waals surface area contributed by atoms with Gasteiger partial charge in [-0.2, -0.15) is 0 Å². The molecular formula is C20H24N2O3. The van der Waals surface area contributed by atoms with Crippen LogP contribution in [0.1, 0.15) is 12.5 Å². The number of ether oxygens (including phenoxy) is 2. The lowest BCUT2D eigenvalue weighted by Gasteiger charge is -2.31. The molecule has 2 aromatic rings. The van der Waals surface area contributed by atoms with Crippen LogP contribution in [0.15, 0.2) is 54.6 Å². The van der Waals surface area contributed by atoms with Crippen molar-refractivity contribution in [3.05, 3.63) is 60.2 Å². The van der Waals surface area contributed by atoms with Crippen molar-refractivity contribution in [3.8, 4) is 5.75 Å². The van der Waals surface area contributed by atoms with Crippen LogP contribution in [0, 0.1) is 0 Å². The Kier molecular flexibility index (Phi) is 6.04. The number of carbonyl (C=O) groups is 1. The molecule has 0 saturated carbocycles. The number of anilines is 1. The molecule has 5 heteroatoms. The summed E-state index contributed by atoms with van der Waals surface area (Å²) in [5.74, 6) is 0.780. The molecule has 3 rings (SSSR count). The van der Waals surface area contributed by atoms with Gasteiger partial charge >= 0.3 is 0 Å². The van der Waals surface area contributed by atoms with Gasteiger partial charge in [0.25, 0.3) is 0 Å². The van der Waals surface area contributed by atoms with Gasteiger partial charge in [0.1, 0.15) is 12.4 Å². The Morgan fingerprint density at radius 1 is 1.12 bits per heavy atom. The number of amides is 1. The van der Waals surface area contributed by atoms with E-state index in [0.29, 0.717) is 19.8 Å². The van der Waals surface area contributed by atoms with Gasteiger partial charge in [0.2, 0.25) is 5.91 Å². The molecule has 1 unspecified atom stereocenters. The van der Waals surface area contributed by atoms with Gasteiger partial charge in [-0.15, -0.1) is 0 Å². The van der Waals surface area contributed by atoms with Gasteiger partial charge in [0.15, 0.2) is 0 Å². The summed E-state index contributed by atoms with van der Waals surface area (Å²) in [6, 6.07) is 17.3. The van der Waals surface area contributed by atoms with Crippen molar-refractivity contribution in [1.82, 2.24) is 4.90 Å². The number of hydrogen-bond donors (Lipinski definition) is 1. The lowest BCUT2D eigenvalue weighted by atomic mass is 10.2. The maximum Gasteiger partial charge on any atom is 0.241 e. The summed E-state index contributed by atoms with van der Waals surface area (Å²) in [5, 5.41) is 2.96. The summed E-state index contributed by atoms with van der Waals surface area (Å²) in [7, 11) is 0. The van der Waals surface area contributed by atoms with Crippen LogP contribution >= 0.6 is 0 Å². The zero-order valence-corrected chi connectivity index (χ0v) is 14.5. The number of morpholine rings is 1. The van der Waals surface area contributed by atoms with Gasteiger partial charge in [-0.3, -0.25) is 9.69 Å². The standard InChI is InChI=1S/C20H24N2O3/c1-16(22-11-13-24-14-12-22)20(23)21-18-7-9-19(10-8-18)25-15-17-5-3-2-4-6-17/h2-10,16H,11-15H2,1H3,(H,21,23). The first-order valence-electron chi connectivity index (χ1n) is 8.62. The van der Waals surface area contributed by atoms with Gasteiger partial charge < -0.3 is 14.8 Å². The molecule has 1 saturated heterocycles. The number of hydrogen-bond acceptors (Lipinski definition) is 4. The zero-order valence-electron chi connectivity index (χ0n) is 14.5. The fraction of sp³-hybridized carbons (Fsp3) is 0.350. The highest BCUT2D eigenvalue weighted by atomic mass is 16.5. The first-order chi connectivity index (χ1) is 12.2. The Hall–Kier alpha value is -2.37. The van der Waals surface area contributed by atoms with Gasteiger partial charge in [-0.1, -0.05) is 30.3 Å². The third-order valence-electron chi connectivity index (χ3n) is 4.34. The highest BCUT2D eigenvalue weighted by molar-refractivity contribution is 5.94. The summed E-state index contributed by atoms with van der Waals surface area (Å²) < 4.78 is 11.1. The Balaban J connectivity index is 1.50. The number of carbonyl (C=O) groups excluding carboxylic acids is 1. The molecule has 1 amide bonds. The van der Waals surface area contributed by atoms with E-state index in [2.05, 4.69) is 10.2 Å². The lowest BCUT2D eigenvalue weighted by molar-refractivity contribution is -0.122. The van der Waals surface area contributed by atoms with Gasteiger partial charge in [-0.05, 0) is 36.8 Å². The SMILES string of the molecule is CC(C(=O)Nc1ccc(OCc2ccccc2)cc1)N1CCOCC1. The summed E-state index contributed by atoms with van der Waals surface area (Å²) in [6.45, 7) is 5.41. The molecule has 1 aliphatic heterocycles. The monoisotopic (exact) mass is 340 g/mol. The summed E-state index contributed by atoms with van der Waals surface area (Å²) in [6.07, 6.45) is 0. The van der Waals surface area contributed by atoms with Crippen molar-refractivity contribution in [1.29, 1.82) is 0 Å². The second-order valence-electron chi connectivity index (χ2n) is 6.11. The van der Waals surface area contributed by atoms with Crippen LogP contribution in [0.4, 0.5) is 5.69 Å². The van der Waals surface area contributed by atoms with Crippen LogP contribution in [0.3, 0.4) is 0 Å².